The van der Waals surface area contributed by atoms with Crippen molar-refractivity contribution in [2.24, 2.45) is 10.9 Å². The van der Waals surface area contributed by atoms with E-state index in [1.807, 2.05) is 25.1 Å². The number of anilines is 1. The second-order valence-electron chi connectivity index (χ2n) is 6.56. The van der Waals surface area contributed by atoms with E-state index in [1.54, 1.807) is 24.3 Å². The summed E-state index contributed by atoms with van der Waals surface area (Å²) in [4.78, 5) is 27.3. The summed E-state index contributed by atoms with van der Waals surface area (Å²) < 4.78 is 0. The molecule has 1 amide bonds. The van der Waals surface area contributed by atoms with Crippen LogP contribution in [0.3, 0.4) is 0 Å². The molecule has 0 aliphatic heterocycles. The van der Waals surface area contributed by atoms with E-state index in [4.69, 9.17) is 16.7 Å². The molecule has 1 fully saturated rings. The summed E-state index contributed by atoms with van der Waals surface area (Å²) in [5.41, 5.74) is 3.51. The van der Waals surface area contributed by atoms with Gasteiger partial charge in [0.2, 0.25) is 5.91 Å². The van der Waals surface area contributed by atoms with E-state index in [0.29, 0.717) is 17.1 Å². The molecule has 0 heterocycles. The smallest absolute Gasteiger partial charge is 0.335 e. The normalized spacial score (nSPS) is 18.7. The van der Waals surface area contributed by atoms with Crippen LogP contribution in [0, 0.1) is 12.8 Å². The fourth-order valence-electron chi connectivity index (χ4n) is 3.10. The standard InChI is InChI=1S/C21H19ClN2O3/c1-12-6-7-15(9-16(12)19(22)11-23-2)24-20(25)18-10-17(18)13-4-3-5-14(8-13)21(26)27/h3-9,11,17-18H,2,10H2,1H3,(H,24,25)(H,26,27)/b19-11+/t17-,18+/m0/s1. The summed E-state index contributed by atoms with van der Waals surface area (Å²) in [7, 11) is 0. The number of aliphatic imine (C=N–C) groups is 1. The lowest BCUT2D eigenvalue weighted by Crippen LogP contribution is -2.14. The molecule has 5 nitrogen and oxygen atoms in total. The van der Waals surface area contributed by atoms with E-state index in [0.717, 1.165) is 16.7 Å². The van der Waals surface area contributed by atoms with Crippen LogP contribution in [0.5, 0.6) is 0 Å². The lowest BCUT2D eigenvalue weighted by Gasteiger charge is -2.10. The first kappa shape index (κ1) is 18.9. The highest BCUT2D eigenvalue weighted by Crippen LogP contribution is 2.48. The van der Waals surface area contributed by atoms with Crippen LogP contribution in [0.2, 0.25) is 0 Å². The molecule has 27 heavy (non-hydrogen) atoms. The van der Waals surface area contributed by atoms with Gasteiger partial charge in [-0.2, -0.15) is 0 Å². The van der Waals surface area contributed by atoms with Crippen molar-refractivity contribution >= 4 is 40.9 Å². The molecule has 2 aromatic carbocycles. The number of halogens is 1. The number of carboxylic acid groups (broad SMARTS) is 1. The second-order valence-corrected chi connectivity index (χ2v) is 6.97. The van der Waals surface area contributed by atoms with Gasteiger partial charge in [-0.15, -0.1) is 0 Å². The topological polar surface area (TPSA) is 78.8 Å². The van der Waals surface area contributed by atoms with Gasteiger partial charge in [-0.05, 0) is 66.9 Å². The van der Waals surface area contributed by atoms with E-state index in [1.165, 1.54) is 6.20 Å². The zero-order valence-electron chi connectivity index (χ0n) is 14.8. The van der Waals surface area contributed by atoms with Crippen molar-refractivity contribution < 1.29 is 14.7 Å². The largest absolute Gasteiger partial charge is 0.478 e. The highest BCUT2D eigenvalue weighted by atomic mass is 35.5. The fraction of sp³-hybridized carbons (Fsp3) is 0.190. The summed E-state index contributed by atoms with van der Waals surface area (Å²) in [5.74, 6) is -1.18. The third kappa shape index (κ3) is 4.26. The van der Waals surface area contributed by atoms with Crippen LogP contribution in [0.1, 0.15) is 39.4 Å². The van der Waals surface area contributed by atoms with Gasteiger partial charge in [-0.1, -0.05) is 29.8 Å². The molecule has 2 atom stereocenters. The molecule has 0 spiro atoms. The molecule has 0 unspecified atom stereocenters. The van der Waals surface area contributed by atoms with Gasteiger partial charge in [0.05, 0.1) is 10.6 Å². The maximum absolute atomic E-state index is 12.6. The highest BCUT2D eigenvalue weighted by molar-refractivity contribution is 6.48. The van der Waals surface area contributed by atoms with Crippen LogP contribution in [0.25, 0.3) is 5.03 Å². The number of aromatic carboxylic acids is 1. The molecule has 6 heteroatoms. The van der Waals surface area contributed by atoms with Crippen LogP contribution in [-0.2, 0) is 4.79 Å². The molecule has 3 rings (SSSR count). The average molecular weight is 383 g/mol. The third-order valence-corrected chi connectivity index (χ3v) is 4.96. The number of nitrogens with one attached hydrogen (secondary N) is 1. The molecule has 1 aliphatic carbocycles. The number of hydrogen-bond acceptors (Lipinski definition) is 3. The van der Waals surface area contributed by atoms with Crippen molar-refractivity contribution in [3.05, 3.63) is 70.9 Å². The maximum Gasteiger partial charge on any atom is 0.335 e. The van der Waals surface area contributed by atoms with Gasteiger partial charge in [0.15, 0.2) is 0 Å². The van der Waals surface area contributed by atoms with Gasteiger partial charge in [0.1, 0.15) is 0 Å². The number of hydrogen-bond donors (Lipinski definition) is 2. The Hall–Kier alpha value is -2.92. The van der Waals surface area contributed by atoms with Gasteiger partial charge in [-0.3, -0.25) is 9.79 Å². The molecule has 2 N–H and O–H groups in total. The summed E-state index contributed by atoms with van der Waals surface area (Å²) in [6.07, 6.45) is 2.16. The molecule has 2 aromatic rings. The molecule has 0 radical (unpaired) electrons. The zero-order chi connectivity index (χ0) is 19.6. The number of carbonyl (C=O) groups is 2. The Kier molecular flexibility index (Phi) is 5.42. The van der Waals surface area contributed by atoms with Gasteiger partial charge in [0.25, 0.3) is 0 Å². The Balaban J connectivity index is 1.71. The van der Waals surface area contributed by atoms with E-state index in [2.05, 4.69) is 17.0 Å². The summed E-state index contributed by atoms with van der Waals surface area (Å²) in [6.45, 7) is 5.32. The maximum atomic E-state index is 12.6. The Morgan fingerprint density at radius 2 is 2.07 bits per heavy atom. The van der Waals surface area contributed by atoms with Gasteiger partial charge in [0, 0.05) is 17.8 Å². The molecule has 1 saturated carbocycles. The van der Waals surface area contributed by atoms with E-state index in [9.17, 15) is 9.59 Å². The Labute approximate surface area is 162 Å². The van der Waals surface area contributed by atoms with Crippen molar-refractivity contribution in [1.29, 1.82) is 0 Å². The minimum atomic E-state index is -0.968. The molecular weight excluding hydrogens is 364 g/mol. The van der Waals surface area contributed by atoms with Crippen molar-refractivity contribution in [1.82, 2.24) is 0 Å². The van der Waals surface area contributed by atoms with Crippen LogP contribution in [0.15, 0.2) is 53.7 Å². The Morgan fingerprint density at radius 1 is 1.30 bits per heavy atom. The minimum Gasteiger partial charge on any atom is -0.478 e. The molecular formula is C21H19ClN2O3. The molecule has 138 valence electrons. The first-order valence-corrected chi connectivity index (χ1v) is 8.85. The lowest BCUT2D eigenvalue weighted by molar-refractivity contribution is -0.117. The predicted octanol–water partition coefficient (Wildman–Crippen LogP) is 4.67. The second kappa shape index (κ2) is 7.76. The van der Waals surface area contributed by atoms with Crippen molar-refractivity contribution in [2.75, 3.05) is 5.32 Å². The molecule has 0 bridgehead atoms. The van der Waals surface area contributed by atoms with Crippen LogP contribution in [0.4, 0.5) is 5.69 Å². The SMILES string of the molecule is C=N/C=C(/Cl)c1cc(NC(=O)[C@@H]2C[C@H]2c2cccc(C(=O)O)c2)ccc1C. The highest BCUT2D eigenvalue weighted by Gasteiger charge is 2.44. The summed E-state index contributed by atoms with van der Waals surface area (Å²) in [6, 6.07) is 12.3. The third-order valence-electron chi connectivity index (χ3n) is 4.66. The number of amides is 1. The van der Waals surface area contributed by atoms with Gasteiger partial charge < -0.3 is 10.4 Å². The molecule has 1 aliphatic rings. The fourth-order valence-corrected chi connectivity index (χ4v) is 3.37. The van der Waals surface area contributed by atoms with E-state index >= 15 is 0 Å². The predicted molar refractivity (Wildman–Crippen MR) is 107 cm³/mol. The Morgan fingerprint density at radius 3 is 2.78 bits per heavy atom. The summed E-state index contributed by atoms with van der Waals surface area (Å²) >= 11 is 6.21. The first-order valence-electron chi connectivity index (χ1n) is 8.47. The van der Waals surface area contributed by atoms with Crippen LogP contribution < -0.4 is 5.32 Å². The molecule has 0 aromatic heterocycles. The lowest BCUT2D eigenvalue weighted by atomic mass is 10.1. The number of nitrogens with zero attached hydrogens (tertiary/aromatic N) is 1. The number of rotatable bonds is 6. The number of benzene rings is 2. The first-order chi connectivity index (χ1) is 12.9. The van der Waals surface area contributed by atoms with E-state index in [-0.39, 0.29) is 23.3 Å². The molecule has 0 saturated heterocycles. The average Bonchev–Trinajstić information content (AvgIpc) is 3.44. The number of carboxylic acids is 1. The number of aryl methyl sites for hydroxylation is 1. The minimum absolute atomic E-state index is 0.0441. The van der Waals surface area contributed by atoms with Crippen molar-refractivity contribution in [3.8, 4) is 0 Å². The van der Waals surface area contributed by atoms with Crippen LogP contribution >= 0.6 is 11.6 Å². The van der Waals surface area contributed by atoms with Crippen LogP contribution in [-0.4, -0.2) is 23.7 Å². The monoisotopic (exact) mass is 382 g/mol. The van der Waals surface area contributed by atoms with Crippen molar-refractivity contribution in [3.63, 3.8) is 0 Å². The quantitative estimate of drug-likeness (QED) is 0.712. The summed E-state index contributed by atoms with van der Waals surface area (Å²) in [5, 5.41) is 12.5. The zero-order valence-corrected chi connectivity index (χ0v) is 15.5. The Bertz CT molecular complexity index is 952. The van der Waals surface area contributed by atoms with Gasteiger partial charge in [-0.25, -0.2) is 4.79 Å². The number of carbonyl (C=O) groups excluding carboxylic acids is 1. The van der Waals surface area contributed by atoms with Gasteiger partial charge >= 0.3 is 5.97 Å². The van der Waals surface area contributed by atoms with E-state index < -0.39 is 5.97 Å². The van der Waals surface area contributed by atoms with Crippen molar-refractivity contribution in [2.45, 2.75) is 19.3 Å².